The average Bonchev–Trinajstić information content (AvgIpc) is 3.37. The summed E-state index contributed by atoms with van der Waals surface area (Å²) in [5.74, 6) is -0.465. The third-order valence-corrected chi connectivity index (χ3v) is 7.09. The molecule has 6 heteroatoms. The van der Waals surface area contributed by atoms with E-state index in [2.05, 4.69) is 25.2 Å². The van der Waals surface area contributed by atoms with E-state index in [4.69, 9.17) is 10.5 Å². The van der Waals surface area contributed by atoms with Gasteiger partial charge in [0.2, 0.25) is 0 Å². The van der Waals surface area contributed by atoms with Gasteiger partial charge in [-0.25, -0.2) is 8.78 Å². The van der Waals surface area contributed by atoms with Crippen molar-refractivity contribution in [3.63, 3.8) is 0 Å². The van der Waals surface area contributed by atoms with Crippen LogP contribution < -0.4 is 11.1 Å². The Hall–Kier alpha value is -1.08. The molecule has 1 saturated heterocycles. The van der Waals surface area contributed by atoms with Gasteiger partial charge in [0.15, 0.2) is 0 Å². The van der Waals surface area contributed by atoms with Gasteiger partial charge in [0.1, 0.15) is 12.0 Å². The second-order valence-electron chi connectivity index (χ2n) is 9.83. The smallest absolute Gasteiger partial charge is 0.125 e. The maximum Gasteiger partial charge on any atom is 0.125 e. The van der Waals surface area contributed by atoms with E-state index in [-0.39, 0.29) is 24.0 Å². The normalized spacial score (nSPS) is 30.0. The van der Waals surface area contributed by atoms with Crippen molar-refractivity contribution >= 4 is 0 Å². The van der Waals surface area contributed by atoms with Gasteiger partial charge in [-0.3, -0.25) is 0 Å². The number of nitrogens with two attached hydrogens (primary N) is 1. The molecule has 0 aromatic heterocycles. The molecule has 0 aromatic rings. The lowest BCUT2D eigenvalue weighted by molar-refractivity contribution is 0.0120. The SMILES string of the molecule is CC/C(=C\CCCC1(C)CCCO1)C1(NCC(O)C(N)CC2=CC(F)CC(F)=C2)CC1. The van der Waals surface area contributed by atoms with Crippen LogP contribution in [0.4, 0.5) is 8.78 Å². The minimum Gasteiger partial charge on any atom is -0.390 e. The molecule has 3 aliphatic rings. The van der Waals surface area contributed by atoms with Crippen molar-refractivity contribution < 1.29 is 18.6 Å². The second kappa shape index (κ2) is 10.7. The highest BCUT2D eigenvalue weighted by atomic mass is 19.1. The van der Waals surface area contributed by atoms with E-state index in [0.29, 0.717) is 12.1 Å². The summed E-state index contributed by atoms with van der Waals surface area (Å²) in [5, 5.41) is 14.1. The molecule has 31 heavy (non-hydrogen) atoms. The van der Waals surface area contributed by atoms with Crippen LogP contribution in [-0.2, 0) is 4.74 Å². The van der Waals surface area contributed by atoms with Gasteiger partial charge in [0, 0.05) is 31.2 Å². The topological polar surface area (TPSA) is 67.5 Å². The zero-order chi connectivity index (χ0) is 22.5. The van der Waals surface area contributed by atoms with Crippen molar-refractivity contribution in [1.29, 1.82) is 0 Å². The van der Waals surface area contributed by atoms with E-state index in [1.807, 2.05) is 0 Å². The van der Waals surface area contributed by atoms with E-state index in [1.165, 1.54) is 24.1 Å². The summed E-state index contributed by atoms with van der Waals surface area (Å²) in [4.78, 5) is 0. The fourth-order valence-corrected chi connectivity index (χ4v) is 4.97. The lowest BCUT2D eigenvalue weighted by Gasteiger charge is -2.26. The van der Waals surface area contributed by atoms with Crippen LogP contribution in [0.5, 0.6) is 0 Å². The zero-order valence-electron chi connectivity index (χ0n) is 19.1. The molecule has 2 aliphatic carbocycles. The number of rotatable bonds is 12. The van der Waals surface area contributed by atoms with Crippen molar-refractivity contribution in [1.82, 2.24) is 5.32 Å². The van der Waals surface area contributed by atoms with Crippen LogP contribution in [0.2, 0.25) is 0 Å². The number of nitrogens with one attached hydrogen (secondary N) is 1. The quantitative estimate of drug-likeness (QED) is 0.303. The third-order valence-electron chi connectivity index (χ3n) is 7.09. The maximum atomic E-state index is 13.5. The first-order chi connectivity index (χ1) is 14.8. The Morgan fingerprint density at radius 2 is 2.19 bits per heavy atom. The van der Waals surface area contributed by atoms with Gasteiger partial charge < -0.3 is 20.9 Å². The number of aliphatic hydroxyl groups is 1. The summed E-state index contributed by atoms with van der Waals surface area (Å²) < 4.78 is 32.9. The van der Waals surface area contributed by atoms with E-state index in [9.17, 15) is 13.9 Å². The summed E-state index contributed by atoms with van der Waals surface area (Å²) in [6.45, 7) is 5.67. The highest BCUT2D eigenvalue weighted by Crippen LogP contribution is 2.44. The molecular formula is C25H40F2N2O2. The molecule has 0 spiro atoms. The van der Waals surface area contributed by atoms with Crippen molar-refractivity contribution in [2.24, 2.45) is 5.73 Å². The van der Waals surface area contributed by atoms with E-state index in [1.54, 1.807) is 0 Å². The number of aliphatic hydroxyl groups excluding tert-OH is 1. The first-order valence-electron chi connectivity index (χ1n) is 12.0. The number of β-amino-alcohol motifs (C(OH)–C–C–N with tert-alkyl or cyclic N) is 1. The summed E-state index contributed by atoms with van der Waals surface area (Å²) in [6, 6.07) is -0.565. The number of ether oxygens (including phenoxy) is 1. The molecule has 4 atom stereocenters. The van der Waals surface area contributed by atoms with E-state index in [0.717, 1.165) is 51.6 Å². The first kappa shape index (κ1) is 24.6. The fraction of sp³-hybridized carbons (Fsp3) is 0.760. The van der Waals surface area contributed by atoms with Gasteiger partial charge in [-0.1, -0.05) is 18.6 Å². The zero-order valence-corrected chi connectivity index (χ0v) is 19.1. The molecule has 176 valence electrons. The molecule has 1 heterocycles. The summed E-state index contributed by atoms with van der Waals surface area (Å²) in [7, 11) is 0. The van der Waals surface area contributed by atoms with Crippen LogP contribution in [0.15, 0.2) is 35.2 Å². The van der Waals surface area contributed by atoms with Crippen molar-refractivity contribution in [3.8, 4) is 0 Å². The molecule has 2 fully saturated rings. The Kier molecular flexibility index (Phi) is 8.47. The van der Waals surface area contributed by atoms with Gasteiger partial charge in [0.05, 0.1) is 11.7 Å². The standard InChI is InChI=1S/C25H40F2N2O2/c1-3-19(7-4-5-8-24(2)9-6-12-31-24)25(10-11-25)29-17-23(30)22(28)15-18-13-20(26)16-21(27)14-18/h7,13-14,20,22-23,29-30H,3-6,8-12,15-17,28H2,1-2H3/b19-7+. The molecule has 1 aliphatic heterocycles. The molecule has 0 bridgehead atoms. The fourth-order valence-electron chi connectivity index (χ4n) is 4.97. The van der Waals surface area contributed by atoms with Gasteiger partial charge in [-0.05, 0) is 82.4 Å². The molecule has 1 saturated carbocycles. The number of alkyl halides is 1. The average molecular weight is 439 g/mol. The Morgan fingerprint density at radius 3 is 2.81 bits per heavy atom. The van der Waals surface area contributed by atoms with E-state index < -0.39 is 24.1 Å². The van der Waals surface area contributed by atoms with Crippen LogP contribution in [-0.4, -0.2) is 47.7 Å². The molecule has 0 radical (unpaired) electrons. The number of hydrogen-bond acceptors (Lipinski definition) is 4. The Morgan fingerprint density at radius 1 is 1.42 bits per heavy atom. The Labute approximate surface area is 186 Å². The molecule has 4 nitrogen and oxygen atoms in total. The molecule has 3 rings (SSSR count). The number of unbranched alkanes of at least 4 members (excludes halogenated alkanes) is 1. The molecule has 4 unspecified atom stereocenters. The van der Waals surface area contributed by atoms with Crippen LogP contribution >= 0.6 is 0 Å². The van der Waals surface area contributed by atoms with Gasteiger partial charge in [0.25, 0.3) is 0 Å². The van der Waals surface area contributed by atoms with Crippen molar-refractivity contribution in [3.05, 3.63) is 35.2 Å². The Balaban J connectivity index is 1.45. The van der Waals surface area contributed by atoms with Gasteiger partial charge in [-0.2, -0.15) is 0 Å². The lowest BCUT2D eigenvalue weighted by Crippen LogP contribution is -2.46. The minimum absolute atomic E-state index is 0.0244. The van der Waals surface area contributed by atoms with Crippen LogP contribution in [0.3, 0.4) is 0 Å². The number of hydrogen-bond donors (Lipinski definition) is 3. The Bertz CT molecular complexity index is 694. The van der Waals surface area contributed by atoms with Crippen molar-refractivity contribution in [2.75, 3.05) is 13.2 Å². The minimum atomic E-state index is -1.31. The number of halogens is 2. The predicted molar refractivity (Wildman–Crippen MR) is 121 cm³/mol. The summed E-state index contributed by atoms with van der Waals surface area (Å²) >= 11 is 0. The highest BCUT2D eigenvalue weighted by Gasteiger charge is 2.45. The van der Waals surface area contributed by atoms with E-state index >= 15 is 0 Å². The largest absolute Gasteiger partial charge is 0.390 e. The highest BCUT2D eigenvalue weighted by molar-refractivity contribution is 5.29. The summed E-state index contributed by atoms with van der Waals surface area (Å²) in [5.41, 5.74) is 8.11. The third kappa shape index (κ3) is 6.95. The van der Waals surface area contributed by atoms with Gasteiger partial charge in [-0.15, -0.1) is 0 Å². The van der Waals surface area contributed by atoms with Crippen LogP contribution in [0, 0.1) is 0 Å². The maximum absolute atomic E-state index is 13.5. The number of allylic oxidation sites excluding steroid dienone is 4. The summed E-state index contributed by atoms with van der Waals surface area (Å²) in [6.07, 6.45) is 11.8. The van der Waals surface area contributed by atoms with Crippen LogP contribution in [0.1, 0.15) is 78.1 Å². The van der Waals surface area contributed by atoms with Crippen molar-refractivity contribution in [2.45, 2.75) is 108 Å². The first-order valence-corrected chi connectivity index (χ1v) is 12.0. The molecule has 0 amide bonds. The van der Waals surface area contributed by atoms with Crippen LogP contribution in [0.25, 0.3) is 0 Å². The molecule has 0 aromatic carbocycles. The second-order valence-corrected chi connectivity index (χ2v) is 9.83. The van der Waals surface area contributed by atoms with Gasteiger partial charge >= 0.3 is 0 Å². The molecular weight excluding hydrogens is 398 g/mol. The molecule has 4 N–H and O–H groups in total. The predicted octanol–water partition coefficient (Wildman–Crippen LogP) is 4.78. The monoisotopic (exact) mass is 438 g/mol. The lowest BCUT2D eigenvalue weighted by atomic mass is 9.93.